The number of aromatic hydroxyl groups is 1. The molecule has 0 radical (unpaired) electrons. The molecule has 1 aliphatic carbocycles. The Morgan fingerprint density at radius 3 is 2.40 bits per heavy atom. The van der Waals surface area contributed by atoms with Crippen molar-refractivity contribution in [2.24, 2.45) is 5.41 Å². The van der Waals surface area contributed by atoms with Gasteiger partial charge in [-0.3, -0.25) is 0 Å². The van der Waals surface area contributed by atoms with Crippen LogP contribution in [0.3, 0.4) is 0 Å². The first-order valence-electron chi connectivity index (χ1n) is 5.75. The molecule has 1 aliphatic rings. The summed E-state index contributed by atoms with van der Waals surface area (Å²) in [6, 6.07) is 7.76. The van der Waals surface area contributed by atoms with Gasteiger partial charge in [-0.05, 0) is 41.4 Å². The zero-order valence-electron chi connectivity index (χ0n) is 9.88. The number of benzene rings is 1. The third kappa shape index (κ3) is 1.54. The number of hydrogen-bond acceptors (Lipinski definition) is 1. The summed E-state index contributed by atoms with van der Waals surface area (Å²) in [4.78, 5) is 0. The van der Waals surface area contributed by atoms with E-state index in [1.54, 1.807) is 6.07 Å². The second-order valence-electron chi connectivity index (χ2n) is 5.62. The summed E-state index contributed by atoms with van der Waals surface area (Å²) in [5, 5.41) is 9.56. The summed E-state index contributed by atoms with van der Waals surface area (Å²) in [5.74, 6) is 0.386. The van der Waals surface area contributed by atoms with Crippen LogP contribution in [-0.2, 0) is 5.41 Å². The zero-order chi connectivity index (χ0) is 11.1. The van der Waals surface area contributed by atoms with Gasteiger partial charge in [0.05, 0.1) is 0 Å². The van der Waals surface area contributed by atoms with E-state index in [4.69, 9.17) is 0 Å². The van der Waals surface area contributed by atoms with Crippen LogP contribution in [0.15, 0.2) is 24.3 Å². The van der Waals surface area contributed by atoms with E-state index in [-0.39, 0.29) is 5.41 Å². The van der Waals surface area contributed by atoms with Crippen molar-refractivity contribution in [1.29, 1.82) is 0 Å². The maximum atomic E-state index is 9.56. The van der Waals surface area contributed by atoms with E-state index in [9.17, 15) is 5.11 Å². The molecule has 0 unspecified atom stereocenters. The highest BCUT2D eigenvalue weighted by molar-refractivity contribution is 5.35. The molecule has 2 rings (SSSR count). The van der Waals surface area contributed by atoms with Crippen LogP contribution in [0.2, 0.25) is 0 Å². The first kappa shape index (κ1) is 10.5. The Morgan fingerprint density at radius 2 is 1.87 bits per heavy atom. The van der Waals surface area contributed by atoms with E-state index < -0.39 is 0 Å². The Kier molecular flexibility index (Phi) is 2.29. The van der Waals surface area contributed by atoms with Crippen LogP contribution in [-0.4, -0.2) is 5.11 Å². The Hall–Kier alpha value is -0.980. The fourth-order valence-corrected chi connectivity index (χ4v) is 2.88. The second kappa shape index (κ2) is 3.26. The van der Waals surface area contributed by atoms with Crippen molar-refractivity contribution in [2.45, 2.75) is 45.4 Å². The average molecular weight is 204 g/mol. The molecule has 1 heteroatoms. The molecule has 15 heavy (non-hydrogen) atoms. The van der Waals surface area contributed by atoms with E-state index in [2.05, 4.69) is 26.8 Å². The molecule has 0 amide bonds. The van der Waals surface area contributed by atoms with Gasteiger partial charge in [0.15, 0.2) is 0 Å². The molecule has 82 valence electrons. The molecule has 0 saturated heterocycles. The summed E-state index contributed by atoms with van der Waals surface area (Å²) >= 11 is 0. The van der Waals surface area contributed by atoms with E-state index in [0.717, 1.165) is 0 Å². The van der Waals surface area contributed by atoms with Crippen LogP contribution in [0.25, 0.3) is 0 Å². The Labute approximate surface area is 92.1 Å². The summed E-state index contributed by atoms with van der Waals surface area (Å²) in [6.07, 6.45) is 3.79. The highest BCUT2D eigenvalue weighted by Gasteiger charge is 2.45. The van der Waals surface area contributed by atoms with Gasteiger partial charge in [-0.25, -0.2) is 0 Å². The number of phenols is 1. The largest absolute Gasteiger partial charge is 0.508 e. The maximum absolute atomic E-state index is 9.56. The topological polar surface area (TPSA) is 20.2 Å². The molecular formula is C14H20O. The summed E-state index contributed by atoms with van der Waals surface area (Å²) < 4.78 is 0. The van der Waals surface area contributed by atoms with Crippen LogP contribution < -0.4 is 0 Å². The lowest BCUT2D eigenvalue weighted by Gasteiger charge is -2.39. The van der Waals surface area contributed by atoms with Gasteiger partial charge in [-0.15, -0.1) is 0 Å². The normalized spacial score (nSPS) is 29.3. The second-order valence-corrected chi connectivity index (χ2v) is 5.62. The molecule has 1 aromatic rings. The SMILES string of the molecule is CC1(C)CCC[C@]1(C)c1cccc(O)c1. The van der Waals surface area contributed by atoms with Crippen LogP contribution in [0.1, 0.15) is 45.6 Å². The molecule has 0 bridgehead atoms. The minimum atomic E-state index is 0.214. The molecule has 1 aromatic carbocycles. The number of hydrogen-bond donors (Lipinski definition) is 1. The van der Waals surface area contributed by atoms with Gasteiger partial charge in [0.2, 0.25) is 0 Å². The first-order chi connectivity index (χ1) is 6.96. The molecule has 1 N–H and O–H groups in total. The Bertz CT molecular complexity index is 367. The van der Waals surface area contributed by atoms with E-state index in [1.807, 2.05) is 12.1 Å². The molecule has 0 aliphatic heterocycles. The van der Waals surface area contributed by atoms with Crippen molar-refractivity contribution in [3.63, 3.8) is 0 Å². The standard InChI is InChI=1S/C14H20O/c1-13(2)8-5-9-14(13,3)11-6-4-7-12(15)10-11/h4,6-7,10,15H,5,8-9H2,1-3H3/t14-/m1/s1. The van der Waals surface area contributed by atoms with Crippen molar-refractivity contribution in [3.8, 4) is 5.75 Å². The Morgan fingerprint density at radius 1 is 1.13 bits per heavy atom. The molecule has 1 saturated carbocycles. The maximum Gasteiger partial charge on any atom is 0.115 e. The van der Waals surface area contributed by atoms with Crippen molar-refractivity contribution in [2.75, 3.05) is 0 Å². The molecule has 1 nitrogen and oxygen atoms in total. The van der Waals surface area contributed by atoms with E-state index in [0.29, 0.717) is 11.2 Å². The van der Waals surface area contributed by atoms with Gasteiger partial charge in [-0.2, -0.15) is 0 Å². The molecule has 1 atom stereocenters. The predicted molar refractivity (Wildman–Crippen MR) is 63.1 cm³/mol. The fourth-order valence-electron chi connectivity index (χ4n) is 2.88. The van der Waals surface area contributed by atoms with Gasteiger partial charge in [0, 0.05) is 0 Å². The van der Waals surface area contributed by atoms with Crippen molar-refractivity contribution >= 4 is 0 Å². The van der Waals surface area contributed by atoms with Crippen LogP contribution in [0, 0.1) is 5.41 Å². The predicted octanol–water partition coefficient (Wildman–Crippen LogP) is 3.86. The van der Waals surface area contributed by atoms with Crippen molar-refractivity contribution < 1.29 is 5.11 Å². The lowest BCUT2D eigenvalue weighted by molar-refractivity contribution is 0.224. The van der Waals surface area contributed by atoms with Crippen LogP contribution >= 0.6 is 0 Å². The third-order valence-corrected chi connectivity index (χ3v) is 4.46. The van der Waals surface area contributed by atoms with Gasteiger partial charge >= 0.3 is 0 Å². The lowest BCUT2D eigenvalue weighted by Crippen LogP contribution is -2.33. The molecule has 0 aromatic heterocycles. The minimum Gasteiger partial charge on any atom is -0.508 e. The van der Waals surface area contributed by atoms with Gasteiger partial charge < -0.3 is 5.11 Å². The molecular weight excluding hydrogens is 184 g/mol. The lowest BCUT2D eigenvalue weighted by atomic mass is 9.65. The van der Waals surface area contributed by atoms with Gasteiger partial charge in [-0.1, -0.05) is 39.3 Å². The average Bonchev–Trinajstić information content (AvgIpc) is 2.43. The molecule has 1 fully saturated rings. The van der Waals surface area contributed by atoms with Gasteiger partial charge in [0.25, 0.3) is 0 Å². The monoisotopic (exact) mass is 204 g/mol. The van der Waals surface area contributed by atoms with E-state index in [1.165, 1.54) is 24.8 Å². The van der Waals surface area contributed by atoms with Crippen molar-refractivity contribution in [1.82, 2.24) is 0 Å². The number of phenolic OH excluding ortho intramolecular Hbond substituents is 1. The zero-order valence-corrected chi connectivity index (χ0v) is 9.88. The summed E-state index contributed by atoms with van der Waals surface area (Å²) in [5.41, 5.74) is 1.83. The first-order valence-corrected chi connectivity index (χ1v) is 5.75. The van der Waals surface area contributed by atoms with Gasteiger partial charge in [0.1, 0.15) is 5.75 Å². The fraction of sp³-hybridized carbons (Fsp3) is 0.571. The third-order valence-electron chi connectivity index (χ3n) is 4.46. The summed E-state index contributed by atoms with van der Waals surface area (Å²) in [6.45, 7) is 7.00. The minimum absolute atomic E-state index is 0.214. The highest BCUT2D eigenvalue weighted by Crippen LogP contribution is 2.53. The smallest absolute Gasteiger partial charge is 0.115 e. The quantitative estimate of drug-likeness (QED) is 0.736. The molecule has 0 spiro atoms. The van der Waals surface area contributed by atoms with Crippen LogP contribution in [0.4, 0.5) is 0 Å². The van der Waals surface area contributed by atoms with Crippen LogP contribution in [0.5, 0.6) is 5.75 Å². The van der Waals surface area contributed by atoms with Crippen molar-refractivity contribution in [3.05, 3.63) is 29.8 Å². The number of rotatable bonds is 1. The Balaban J connectivity index is 2.45. The highest BCUT2D eigenvalue weighted by atomic mass is 16.3. The van der Waals surface area contributed by atoms with E-state index >= 15 is 0 Å². The molecule has 0 heterocycles. The summed E-state index contributed by atoms with van der Waals surface area (Å²) in [7, 11) is 0.